The summed E-state index contributed by atoms with van der Waals surface area (Å²) in [6.07, 6.45) is 1.37. The highest BCUT2D eigenvalue weighted by atomic mass is 16.1. The molecule has 0 aliphatic rings. The second-order valence-corrected chi connectivity index (χ2v) is 3.82. The van der Waals surface area contributed by atoms with Gasteiger partial charge in [-0.3, -0.25) is 4.79 Å². The van der Waals surface area contributed by atoms with Gasteiger partial charge < -0.3 is 22.1 Å². The van der Waals surface area contributed by atoms with E-state index >= 15 is 0 Å². The quantitative estimate of drug-likeness (QED) is 0.606. The summed E-state index contributed by atoms with van der Waals surface area (Å²) in [4.78, 5) is 19.4. The molecule has 7 nitrogen and oxygen atoms in total. The number of rotatable bonds is 4. The Bertz CT molecular complexity index is 613. The Morgan fingerprint density at radius 3 is 2.79 bits per heavy atom. The lowest BCUT2D eigenvalue weighted by Gasteiger charge is -2.10. The fraction of sp³-hybridized carbons (Fsp3) is 0.0833. The van der Waals surface area contributed by atoms with Crippen LogP contribution in [0.1, 0.15) is 10.4 Å². The van der Waals surface area contributed by atoms with Gasteiger partial charge in [0.25, 0.3) is 5.91 Å². The maximum atomic E-state index is 11.3. The monoisotopic (exact) mass is 258 g/mol. The van der Waals surface area contributed by atoms with Crippen LogP contribution in [0.4, 0.5) is 23.1 Å². The van der Waals surface area contributed by atoms with Crippen LogP contribution < -0.4 is 22.1 Å². The Morgan fingerprint density at radius 1 is 1.37 bits per heavy atom. The molecule has 0 atom stereocenters. The minimum atomic E-state index is -0.603. The zero-order valence-electron chi connectivity index (χ0n) is 10.3. The highest BCUT2D eigenvalue weighted by Gasteiger charge is 2.12. The summed E-state index contributed by atoms with van der Waals surface area (Å²) in [7, 11) is 1.68. The lowest BCUT2D eigenvalue weighted by Crippen LogP contribution is -2.15. The third-order valence-electron chi connectivity index (χ3n) is 2.43. The first kappa shape index (κ1) is 12.6. The van der Waals surface area contributed by atoms with E-state index in [1.807, 2.05) is 6.07 Å². The molecule has 1 heterocycles. The number of primary amides is 1. The normalized spacial score (nSPS) is 9.95. The Hall–Kier alpha value is -2.83. The third kappa shape index (κ3) is 2.89. The number of amides is 1. The number of nitrogens with zero attached hydrogens (tertiary/aromatic N) is 2. The lowest BCUT2D eigenvalue weighted by molar-refractivity contribution is 0.100. The second kappa shape index (κ2) is 5.21. The number of benzene rings is 1. The average Bonchev–Trinajstić information content (AvgIpc) is 2.38. The molecule has 1 aromatic carbocycles. The maximum absolute atomic E-state index is 11.3. The topological polar surface area (TPSA) is 119 Å². The summed E-state index contributed by atoms with van der Waals surface area (Å²) in [5.74, 6) is 0.114. The Morgan fingerprint density at radius 2 is 2.16 bits per heavy atom. The van der Waals surface area contributed by atoms with Crippen molar-refractivity contribution in [1.29, 1.82) is 0 Å². The molecule has 1 amide bonds. The summed E-state index contributed by atoms with van der Waals surface area (Å²) >= 11 is 0. The van der Waals surface area contributed by atoms with Crippen LogP contribution in [0.2, 0.25) is 0 Å². The van der Waals surface area contributed by atoms with Crippen LogP contribution in [0.5, 0.6) is 0 Å². The van der Waals surface area contributed by atoms with Crippen molar-refractivity contribution in [1.82, 2.24) is 9.97 Å². The smallest absolute Gasteiger partial charge is 0.254 e. The molecule has 98 valence electrons. The van der Waals surface area contributed by atoms with E-state index < -0.39 is 5.91 Å². The summed E-state index contributed by atoms with van der Waals surface area (Å²) in [6, 6.07) is 7.09. The first-order valence-electron chi connectivity index (χ1n) is 5.57. The molecule has 0 fully saturated rings. The van der Waals surface area contributed by atoms with Crippen molar-refractivity contribution >= 4 is 29.0 Å². The largest absolute Gasteiger partial charge is 0.399 e. The van der Waals surface area contributed by atoms with Crippen molar-refractivity contribution in [2.24, 2.45) is 5.73 Å². The Labute approximate surface area is 110 Å². The van der Waals surface area contributed by atoms with Gasteiger partial charge in [0.1, 0.15) is 11.4 Å². The highest BCUT2D eigenvalue weighted by Crippen LogP contribution is 2.20. The van der Waals surface area contributed by atoms with E-state index in [0.29, 0.717) is 23.1 Å². The summed E-state index contributed by atoms with van der Waals surface area (Å²) in [5, 5.41) is 5.79. The molecule has 1 aromatic heterocycles. The van der Waals surface area contributed by atoms with Crippen molar-refractivity contribution in [2.45, 2.75) is 0 Å². The lowest BCUT2D eigenvalue weighted by atomic mass is 10.2. The molecule has 0 spiro atoms. The zero-order chi connectivity index (χ0) is 13.8. The van der Waals surface area contributed by atoms with Crippen molar-refractivity contribution in [3.63, 3.8) is 0 Å². The molecule has 0 radical (unpaired) electrons. The van der Waals surface area contributed by atoms with Gasteiger partial charge in [-0.25, -0.2) is 4.98 Å². The molecule has 0 saturated heterocycles. The van der Waals surface area contributed by atoms with Crippen molar-refractivity contribution in [3.05, 3.63) is 36.0 Å². The molecule has 0 saturated carbocycles. The fourth-order valence-corrected chi connectivity index (χ4v) is 1.53. The standard InChI is InChI=1S/C12H14N6O/c1-15-12-16-6-9(10(14)19)11(18-12)17-8-4-2-3-7(13)5-8/h2-6H,13H2,1H3,(H2,14,19)(H2,15,16,17,18). The third-order valence-corrected chi connectivity index (χ3v) is 2.43. The number of anilines is 4. The van der Waals surface area contributed by atoms with Crippen molar-refractivity contribution in [2.75, 3.05) is 23.4 Å². The maximum Gasteiger partial charge on any atom is 0.254 e. The fourth-order valence-electron chi connectivity index (χ4n) is 1.53. The number of carbonyl (C=O) groups excluding carboxylic acids is 1. The first-order valence-corrected chi connectivity index (χ1v) is 5.57. The molecule has 2 rings (SSSR count). The van der Waals surface area contributed by atoms with E-state index in [9.17, 15) is 4.79 Å². The van der Waals surface area contributed by atoms with Crippen LogP contribution in [-0.2, 0) is 0 Å². The van der Waals surface area contributed by atoms with E-state index in [1.165, 1.54) is 6.20 Å². The van der Waals surface area contributed by atoms with Gasteiger partial charge in [0, 0.05) is 24.6 Å². The van der Waals surface area contributed by atoms with Crippen molar-refractivity contribution < 1.29 is 4.79 Å². The average molecular weight is 258 g/mol. The number of nitrogens with two attached hydrogens (primary N) is 2. The van der Waals surface area contributed by atoms with Crippen LogP contribution in [0, 0.1) is 0 Å². The number of aromatic nitrogens is 2. The van der Waals surface area contributed by atoms with E-state index in [0.717, 1.165) is 0 Å². The number of hydrogen-bond acceptors (Lipinski definition) is 6. The number of nitrogens with one attached hydrogen (secondary N) is 2. The van der Waals surface area contributed by atoms with Crippen LogP contribution in [0.25, 0.3) is 0 Å². The van der Waals surface area contributed by atoms with E-state index in [1.54, 1.807) is 25.2 Å². The van der Waals surface area contributed by atoms with E-state index in [-0.39, 0.29) is 5.56 Å². The van der Waals surface area contributed by atoms with Crippen molar-refractivity contribution in [3.8, 4) is 0 Å². The second-order valence-electron chi connectivity index (χ2n) is 3.82. The van der Waals surface area contributed by atoms with Gasteiger partial charge in [0.05, 0.1) is 0 Å². The molecular formula is C12H14N6O. The summed E-state index contributed by atoms with van der Waals surface area (Å²) < 4.78 is 0. The molecule has 2 aromatic rings. The summed E-state index contributed by atoms with van der Waals surface area (Å²) in [6.45, 7) is 0. The molecule has 0 aliphatic carbocycles. The summed E-state index contributed by atoms with van der Waals surface area (Å²) in [5.41, 5.74) is 12.5. The minimum absolute atomic E-state index is 0.210. The molecule has 0 aliphatic heterocycles. The first-order chi connectivity index (χ1) is 9.10. The van der Waals surface area contributed by atoms with Gasteiger partial charge >= 0.3 is 0 Å². The van der Waals surface area contributed by atoms with Gasteiger partial charge in [-0.05, 0) is 18.2 Å². The molecule has 0 bridgehead atoms. The molecular weight excluding hydrogens is 244 g/mol. The number of carbonyl (C=O) groups is 1. The van der Waals surface area contributed by atoms with Gasteiger partial charge in [-0.1, -0.05) is 6.07 Å². The van der Waals surface area contributed by atoms with E-state index in [2.05, 4.69) is 20.6 Å². The number of nitrogen functional groups attached to an aromatic ring is 1. The SMILES string of the molecule is CNc1ncc(C(N)=O)c(Nc2cccc(N)c2)n1. The van der Waals surface area contributed by atoms with Crippen LogP contribution in [0.3, 0.4) is 0 Å². The van der Waals surface area contributed by atoms with Gasteiger partial charge in [-0.15, -0.1) is 0 Å². The number of hydrogen-bond donors (Lipinski definition) is 4. The molecule has 6 N–H and O–H groups in total. The van der Waals surface area contributed by atoms with Crippen LogP contribution in [0.15, 0.2) is 30.5 Å². The van der Waals surface area contributed by atoms with Crippen LogP contribution >= 0.6 is 0 Å². The molecule has 19 heavy (non-hydrogen) atoms. The molecule has 7 heteroatoms. The van der Waals surface area contributed by atoms with Gasteiger partial charge in [0.15, 0.2) is 0 Å². The van der Waals surface area contributed by atoms with Gasteiger partial charge in [0.2, 0.25) is 5.95 Å². The Balaban J connectivity index is 2.39. The predicted molar refractivity (Wildman–Crippen MR) is 74.2 cm³/mol. The highest BCUT2D eigenvalue weighted by molar-refractivity contribution is 5.98. The zero-order valence-corrected chi connectivity index (χ0v) is 10.3. The minimum Gasteiger partial charge on any atom is -0.399 e. The Kier molecular flexibility index (Phi) is 3.46. The van der Waals surface area contributed by atoms with E-state index in [4.69, 9.17) is 11.5 Å². The van der Waals surface area contributed by atoms with Crippen LogP contribution in [-0.4, -0.2) is 22.9 Å². The molecule has 0 unspecified atom stereocenters. The van der Waals surface area contributed by atoms with Gasteiger partial charge in [-0.2, -0.15) is 4.98 Å². The predicted octanol–water partition coefficient (Wildman–Crippen LogP) is 0.943.